The number of rotatable bonds is 9. The summed E-state index contributed by atoms with van der Waals surface area (Å²) in [6.07, 6.45) is -0.613. The molecular weight excluding hydrogens is 268 g/mol. The van der Waals surface area contributed by atoms with Crippen LogP contribution in [0.15, 0.2) is 24.3 Å². The first-order chi connectivity index (χ1) is 9.85. The molecule has 0 saturated carbocycles. The van der Waals surface area contributed by atoms with Crippen molar-refractivity contribution >= 4 is 0 Å². The molecule has 0 aliphatic rings. The highest BCUT2D eigenvalue weighted by molar-refractivity contribution is 5.32. The van der Waals surface area contributed by atoms with Crippen molar-refractivity contribution in [2.75, 3.05) is 26.2 Å². The Kier molecular flexibility index (Phi) is 7.11. The minimum Gasteiger partial charge on any atom is -0.491 e. The summed E-state index contributed by atoms with van der Waals surface area (Å²) in [5, 5.41) is 19.9. The predicted octanol–water partition coefficient (Wildman–Crippen LogP) is 0.978. The molecule has 5 nitrogen and oxygen atoms in total. The molecule has 0 spiro atoms. The van der Waals surface area contributed by atoms with E-state index in [1.807, 2.05) is 36.1 Å². The molecule has 1 atom stereocenters. The number of hydrogen-bond donors (Lipinski definition) is 3. The summed E-state index contributed by atoms with van der Waals surface area (Å²) >= 11 is 0. The molecule has 120 valence electrons. The van der Waals surface area contributed by atoms with E-state index in [2.05, 4.69) is 0 Å². The molecule has 0 amide bonds. The molecule has 1 rings (SSSR count). The Labute approximate surface area is 127 Å². The standard InChI is InChI=1S/C16H28N2O3/c1-4-18(12-16(2,3)20)10-14(19)11-21-15-8-6-5-7-13(15)9-17/h5-8,14,19-20H,4,9-12,17H2,1-3H3. The van der Waals surface area contributed by atoms with Crippen molar-refractivity contribution in [1.82, 2.24) is 4.90 Å². The van der Waals surface area contributed by atoms with Gasteiger partial charge in [0, 0.05) is 25.2 Å². The molecular formula is C16H28N2O3. The number of aliphatic hydroxyl groups excluding tert-OH is 1. The third-order valence-corrected chi connectivity index (χ3v) is 3.15. The fraction of sp³-hybridized carbons (Fsp3) is 0.625. The third-order valence-electron chi connectivity index (χ3n) is 3.15. The topological polar surface area (TPSA) is 79.0 Å². The number of nitrogens with zero attached hydrogens (tertiary/aromatic N) is 1. The maximum absolute atomic E-state index is 10.1. The third kappa shape index (κ3) is 6.91. The molecule has 1 unspecified atom stereocenters. The Morgan fingerprint density at radius 1 is 1.33 bits per heavy atom. The van der Waals surface area contributed by atoms with Crippen molar-refractivity contribution in [2.45, 2.75) is 39.0 Å². The van der Waals surface area contributed by atoms with Gasteiger partial charge in [-0.25, -0.2) is 0 Å². The summed E-state index contributed by atoms with van der Waals surface area (Å²) < 4.78 is 5.65. The monoisotopic (exact) mass is 296 g/mol. The van der Waals surface area contributed by atoms with E-state index in [0.29, 0.717) is 25.4 Å². The number of hydrogen-bond acceptors (Lipinski definition) is 5. The first kappa shape index (κ1) is 17.9. The van der Waals surface area contributed by atoms with E-state index in [1.165, 1.54) is 0 Å². The minimum absolute atomic E-state index is 0.208. The largest absolute Gasteiger partial charge is 0.491 e. The smallest absolute Gasteiger partial charge is 0.123 e. The van der Waals surface area contributed by atoms with Gasteiger partial charge < -0.3 is 20.7 Å². The summed E-state index contributed by atoms with van der Waals surface area (Å²) in [6, 6.07) is 7.55. The molecule has 21 heavy (non-hydrogen) atoms. The first-order valence-corrected chi connectivity index (χ1v) is 7.39. The summed E-state index contributed by atoms with van der Waals surface area (Å²) in [6.45, 7) is 7.88. The number of aliphatic hydroxyl groups is 2. The molecule has 0 aliphatic carbocycles. The second-order valence-corrected chi connectivity index (χ2v) is 5.92. The highest BCUT2D eigenvalue weighted by atomic mass is 16.5. The molecule has 0 aliphatic heterocycles. The second-order valence-electron chi connectivity index (χ2n) is 5.92. The molecule has 0 aromatic heterocycles. The van der Waals surface area contributed by atoms with Crippen LogP contribution in [0, 0.1) is 0 Å². The van der Waals surface area contributed by atoms with E-state index in [1.54, 1.807) is 13.8 Å². The summed E-state index contributed by atoms with van der Waals surface area (Å²) in [5.41, 5.74) is 5.80. The van der Waals surface area contributed by atoms with E-state index in [-0.39, 0.29) is 6.61 Å². The zero-order valence-electron chi connectivity index (χ0n) is 13.2. The average Bonchev–Trinajstić information content (AvgIpc) is 2.43. The predicted molar refractivity (Wildman–Crippen MR) is 84.2 cm³/mol. The van der Waals surface area contributed by atoms with E-state index in [4.69, 9.17) is 10.5 Å². The number of para-hydroxylation sites is 1. The van der Waals surface area contributed by atoms with Gasteiger partial charge in [0.25, 0.3) is 0 Å². The molecule has 0 fully saturated rings. The van der Waals surface area contributed by atoms with Gasteiger partial charge in [-0.15, -0.1) is 0 Å². The quantitative estimate of drug-likeness (QED) is 0.633. The van der Waals surface area contributed by atoms with Gasteiger partial charge in [-0.05, 0) is 26.5 Å². The lowest BCUT2D eigenvalue weighted by Gasteiger charge is -2.29. The van der Waals surface area contributed by atoms with Crippen LogP contribution in [-0.2, 0) is 6.54 Å². The lowest BCUT2D eigenvalue weighted by atomic mass is 10.1. The lowest BCUT2D eigenvalue weighted by Crippen LogP contribution is -2.43. The highest BCUT2D eigenvalue weighted by Gasteiger charge is 2.19. The zero-order chi connectivity index (χ0) is 15.9. The van der Waals surface area contributed by atoms with Crippen LogP contribution in [0.3, 0.4) is 0 Å². The highest BCUT2D eigenvalue weighted by Crippen LogP contribution is 2.17. The van der Waals surface area contributed by atoms with Gasteiger partial charge in [0.2, 0.25) is 0 Å². The molecule has 0 heterocycles. The van der Waals surface area contributed by atoms with Crippen molar-refractivity contribution in [3.8, 4) is 5.75 Å². The van der Waals surface area contributed by atoms with Gasteiger partial charge in [-0.3, -0.25) is 4.90 Å². The van der Waals surface area contributed by atoms with Crippen LogP contribution in [0.1, 0.15) is 26.3 Å². The van der Waals surface area contributed by atoms with Crippen molar-refractivity contribution in [3.05, 3.63) is 29.8 Å². The fourth-order valence-corrected chi connectivity index (χ4v) is 2.20. The molecule has 4 N–H and O–H groups in total. The molecule has 5 heteroatoms. The van der Waals surface area contributed by atoms with Crippen molar-refractivity contribution in [2.24, 2.45) is 5.73 Å². The van der Waals surface area contributed by atoms with E-state index in [0.717, 1.165) is 12.1 Å². The van der Waals surface area contributed by atoms with Gasteiger partial charge in [-0.2, -0.15) is 0 Å². The van der Waals surface area contributed by atoms with Gasteiger partial charge >= 0.3 is 0 Å². The Bertz CT molecular complexity index is 418. The summed E-state index contributed by atoms with van der Waals surface area (Å²) in [7, 11) is 0. The second kappa shape index (κ2) is 8.34. The van der Waals surface area contributed by atoms with Crippen LogP contribution in [-0.4, -0.2) is 53.1 Å². The summed E-state index contributed by atoms with van der Waals surface area (Å²) in [4.78, 5) is 2.00. The van der Waals surface area contributed by atoms with Crippen molar-refractivity contribution in [3.63, 3.8) is 0 Å². The molecule has 1 aromatic carbocycles. The van der Waals surface area contributed by atoms with E-state index < -0.39 is 11.7 Å². The Morgan fingerprint density at radius 3 is 2.57 bits per heavy atom. The Hall–Kier alpha value is -1.14. The van der Waals surface area contributed by atoms with Crippen LogP contribution >= 0.6 is 0 Å². The van der Waals surface area contributed by atoms with Crippen molar-refractivity contribution in [1.29, 1.82) is 0 Å². The maximum atomic E-state index is 10.1. The van der Waals surface area contributed by atoms with Crippen LogP contribution in [0.2, 0.25) is 0 Å². The SMILES string of the molecule is CCN(CC(O)COc1ccccc1CN)CC(C)(C)O. The van der Waals surface area contributed by atoms with Crippen molar-refractivity contribution < 1.29 is 14.9 Å². The fourth-order valence-electron chi connectivity index (χ4n) is 2.20. The normalized spacial score (nSPS) is 13.5. The van der Waals surface area contributed by atoms with Gasteiger partial charge in [0.05, 0.1) is 5.60 Å². The van der Waals surface area contributed by atoms with Gasteiger partial charge in [0.1, 0.15) is 18.5 Å². The molecule has 1 aromatic rings. The van der Waals surface area contributed by atoms with Crippen LogP contribution in [0.25, 0.3) is 0 Å². The van der Waals surface area contributed by atoms with E-state index >= 15 is 0 Å². The van der Waals surface area contributed by atoms with E-state index in [9.17, 15) is 10.2 Å². The number of benzene rings is 1. The average molecular weight is 296 g/mol. The first-order valence-electron chi connectivity index (χ1n) is 7.39. The van der Waals surface area contributed by atoms with Crippen LogP contribution < -0.4 is 10.5 Å². The molecule has 0 bridgehead atoms. The van der Waals surface area contributed by atoms with Gasteiger partial charge in [-0.1, -0.05) is 25.1 Å². The maximum Gasteiger partial charge on any atom is 0.123 e. The van der Waals surface area contributed by atoms with Gasteiger partial charge in [0.15, 0.2) is 0 Å². The zero-order valence-corrected chi connectivity index (χ0v) is 13.2. The number of ether oxygens (including phenoxy) is 1. The molecule has 0 radical (unpaired) electrons. The summed E-state index contributed by atoms with van der Waals surface area (Å²) in [5.74, 6) is 0.713. The number of nitrogens with two attached hydrogens (primary N) is 1. The lowest BCUT2D eigenvalue weighted by molar-refractivity contribution is 0.0115. The van der Waals surface area contributed by atoms with Crippen LogP contribution in [0.5, 0.6) is 5.75 Å². The Morgan fingerprint density at radius 2 is 2.00 bits per heavy atom. The minimum atomic E-state index is -0.775. The molecule has 0 saturated heterocycles. The Balaban J connectivity index is 2.47. The van der Waals surface area contributed by atoms with Crippen LogP contribution in [0.4, 0.5) is 0 Å². The number of likely N-dealkylation sites (N-methyl/N-ethyl adjacent to an activating group) is 1.